The molecule has 0 saturated heterocycles. The van der Waals surface area contributed by atoms with Gasteiger partial charge in [-0.1, -0.05) is 6.07 Å². The third-order valence-corrected chi connectivity index (χ3v) is 3.44. The van der Waals surface area contributed by atoms with E-state index in [4.69, 9.17) is 5.73 Å². The Morgan fingerprint density at radius 3 is 2.44 bits per heavy atom. The van der Waals surface area contributed by atoms with E-state index in [0.29, 0.717) is 0 Å². The Bertz CT molecular complexity index is 514. The van der Waals surface area contributed by atoms with Crippen LogP contribution in [-0.2, 0) is 13.1 Å². The van der Waals surface area contributed by atoms with Gasteiger partial charge >= 0.3 is 0 Å². The molecule has 0 aliphatic carbocycles. The number of hydrogen-bond donors (Lipinski definition) is 1. The number of benzene rings is 1. The van der Waals surface area contributed by atoms with Crippen LogP contribution in [0.4, 0.5) is 5.69 Å². The van der Waals surface area contributed by atoms with E-state index in [2.05, 4.69) is 38.9 Å². The normalized spacial score (nSPS) is 10.8. The van der Waals surface area contributed by atoms with E-state index in [0.717, 1.165) is 23.2 Å². The van der Waals surface area contributed by atoms with Crippen LogP contribution in [0.2, 0.25) is 0 Å². The number of nitrogens with two attached hydrogens (primary N) is 1. The largest absolute Gasteiger partial charge is 0.398 e. The Labute approximate surface area is 116 Å². The van der Waals surface area contributed by atoms with E-state index in [1.807, 2.05) is 36.7 Å². The fraction of sp³-hybridized carbons (Fsp3) is 0.214. The van der Waals surface area contributed by atoms with Crippen molar-refractivity contribution >= 4 is 21.6 Å². The van der Waals surface area contributed by atoms with Crippen molar-refractivity contribution in [2.75, 3.05) is 12.8 Å². The van der Waals surface area contributed by atoms with Gasteiger partial charge in [0.15, 0.2) is 0 Å². The molecule has 94 valence electrons. The summed E-state index contributed by atoms with van der Waals surface area (Å²) in [5, 5.41) is 0. The molecule has 3 nitrogen and oxygen atoms in total. The Balaban J connectivity index is 1.99. The van der Waals surface area contributed by atoms with Crippen molar-refractivity contribution in [2.45, 2.75) is 13.1 Å². The Morgan fingerprint density at radius 1 is 1.11 bits per heavy atom. The summed E-state index contributed by atoms with van der Waals surface area (Å²) < 4.78 is 0.947. The minimum atomic E-state index is 0.782. The fourth-order valence-electron chi connectivity index (χ4n) is 1.86. The first-order valence-electron chi connectivity index (χ1n) is 5.76. The minimum Gasteiger partial charge on any atom is -0.398 e. The second kappa shape index (κ2) is 5.98. The van der Waals surface area contributed by atoms with Gasteiger partial charge in [-0.2, -0.15) is 0 Å². The molecule has 0 aliphatic rings. The van der Waals surface area contributed by atoms with Crippen LogP contribution >= 0.6 is 15.9 Å². The highest BCUT2D eigenvalue weighted by Crippen LogP contribution is 2.21. The van der Waals surface area contributed by atoms with E-state index in [1.165, 1.54) is 11.1 Å². The molecule has 18 heavy (non-hydrogen) atoms. The maximum Gasteiger partial charge on any atom is 0.0461 e. The van der Waals surface area contributed by atoms with Gasteiger partial charge in [0.2, 0.25) is 0 Å². The summed E-state index contributed by atoms with van der Waals surface area (Å²) in [6.45, 7) is 1.78. The van der Waals surface area contributed by atoms with Gasteiger partial charge in [-0.15, -0.1) is 0 Å². The summed E-state index contributed by atoms with van der Waals surface area (Å²) in [6.07, 6.45) is 3.64. The van der Waals surface area contributed by atoms with Crippen molar-refractivity contribution in [3.63, 3.8) is 0 Å². The fourth-order valence-corrected chi connectivity index (χ4v) is 2.11. The number of halogens is 1. The zero-order valence-corrected chi connectivity index (χ0v) is 11.9. The molecule has 0 saturated carbocycles. The average molecular weight is 306 g/mol. The third kappa shape index (κ3) is 3.55. The Morgan fingerprint density at radius 2 is 1.78 bits per heavy atom. The Kier molecular flexibility index (Phi) is 4.33. The predicted octanol–water partition coefficient (Wildman–Crippen LogP) is 3.06. The number of hydrogen-bond acceptors (Lipinski definition) is 3. The number of anilines is 1. The number of nitrogen functional groups attached to an aromatic ring is 1. The summed E-state index contributed by atoms with van der Waals surface area (Å²) >= 11 is 3.40. The van der Waals surface area contributed by atoms with Crippen LogP contribution in [-0.4, -0.2) is 16.9 Å². The SMILES string of the molecule is CN(Cc1ccncc1)Cc1ccc(Br)c(N)c1. The van der Waals surface area contributed by atoms with Crippen LogP contribution in [0.15, 0.2) is 47.2 Å². The van der Waals surface area contributed by atoms with Gasteiger partial charge in [-0.3, -0.25) is 9.88 Å². The molecule has 4 heteroatoms. The van der Waals surface area contributed by atoms with Gasteiger partial charge in [-0.25, -0.2) is 0 Å². The van der Waals surface area contributed by atoms with Gasteiger partial charge in [0.25, 0.3) is 0 Å². The van der Waals surface area contributed by atoms with Crippen molar-refractivity contribution < 1.29 is 0 Å². The number of nitrogens with zero attached hydrogens (tertiary/aromatic N) is 2. The van der Waals surface area contributed by atoms with Crippen molar-refractivity contribution in [1.82, 2.24) is 9.88 Å². The lowest BCUT2D eigenvalue weighted by Crippen LogP contribution is -2.17. The van der Waals surface area contributed by atoms with Crippen LogP contribution in [0.1, 0.15) is 11.1 Å². The number of rotatable bonds is 4. The van der Waals surface area contributed by atoms with Gasteiger partial charge < -0.3 is 5.73 Å². The van der Waals surface area contributed by atoms with Gasteiger partial charge in [0, 0.05) is 35.6 Å². The molecule has 0 radical (unpaired) electrons. The summed E-state index contributed by atoms with van der Waals surface area (Å²) in [4.78, 5) is 6.27. The van der Waals surface area contributed by atoms with Crippen LogP contribution in [0.25, 0.3) is 0 Å². The highest BCUT2D eigenvalue weighted by atomic mass is 79.9. The summed E-state index contributed by atoms with van der Waals surface area (Å²) in [5.74, 6) is 0. The topological polar surface area (TPSA) is 42.2 Å². The number of pyridine rings is 1. The van der Waals surface area contributed by atoms with Crippen molar-refractivity contribution in [3.8, 4) is 0 Å². The first-order chi connectivity index (χ1) is 8.65. The van der Waals surface area contributed by atoms with E-state index in [9.17, 15) is 0 Å². The van der Waals surface area contributed by atoms with E-state index < -0.39 is 0 Å². The van der Waals surface area contributed by atoms with Crippen molar-refractivity contribution in [3.05, 3.63) is 58.3 Å². The first kappa shape index (κ1) is 13.1. The van der Waals surface area contributed by atoms with Crippen LogP contribution in [0.3, 0.4) is 0 Å². The molecular weight excluding hydrogens is 290 g/mol. The lowest BCUT2D eigenvalue weighted by atomic mass is 10.2. The average Bonchev–Trinajstić information content (AvgIpc) is 2.35. The molecule has 0 bridgehead atoms. The third-order valence-electron chi connectivity index (χ3n) is 2.71. The zero-order valence-electron chi connectivity index (χ0n) is 10.3. The molecule has 0 aliphatic heterocycles. The predicted molar refractivity (Wildman–Crippen MR) is 78.0 cm³/mol. The maximum atomic E-state index is 5.88. The molecule has 0 atom stereocenters. The second-order valence-electron chi connectivity index (χ2n) is 4.38. The summed E-state index contributed by atoms with van der Waals surface area (Å²) in [5.41, 5.74) is 9.13. The van der Waals surface area contributed by atoms with Gasteiger partial charge in [0.05, 0.1) is 0 Å². The lowest BCUT2D eigenvalue weighted by Gasteiger charge is -2.17. The summed E-state index contributed by atoms with van der Waals surface area (Å²) in [7, 11) is 2.10. The molecule has 2 aromatic rings. The molecule has 2 N–H and O–H groups in total. The lowest BCUT2D eigenvalue weighted by molar-refractivity contribution is 0.319. The Hall–Kier alpha value is -1.39. The smallest absolute Gasteiger partial charge is 0.0461 e. The zero-order chi connectivity index (χ0) is 13.0. The van der Waals surface area contributed by atoms with Crippen LogP contribution in [0.5, 0.6) is 0 Å². The molecule has 1 aromatic carbocycles. The minimum absolute atomic E-state index is 0.782. The van der Waals surface area contributed by atoms with E-state index in [1.54, 1.807) is 0 Å². The molecule has 0 unspecified atom stereocenters. The molecule has 2 rings (SSSR count). The maximum absolute atomic E-state index is 5.88. The van der Waals surface area contributed by atoms with Crippen LogP contribution in [0, 0.1) is 0 Å². The summed E-state index contributed by atoms with van der Waals surface area (Å²) in [6, 6.07) is 10.2. The number of aromatic nitrogens is 1. The molecule has 0 fully saturated rings. The standard InChI is InChI=1S/C14H16BrN3/c1-18(9-11-4-6-17-7-5-11)10-12-2-3-13(15)14(16)8-12/h2-8H,9-10,16H2,1H3. The molecule has 0 spiro atoms. The van der Waals surface area contributed by atoms with Gasteiger partial charge in [-0.05, 0) is 58.4 Å². The molecule has 1 aromatic heterocycles. The molecule has 0 amide bonds. The first-order valence-corrected chi connectivity index (χ1v) is 6.56. The van der Waals surface area contributed by atoms with E-state index in [-0.39, 0.29) is 0 Å². The van der Waals surface area contributed by atoms with Crippen molar-refractivity contribution in [1.29, 1.82) is 0 Å². The van der Waals surface area contributed by atoms with Crippen molar-refractivity contribution in [2.24, 2.45) is 0 Å². The monoisotopic (exact) mass is 305 g/mol. The van der Waals surface area contributed by atoms with Gasteiger partial charge in [0.1, 0.15) is 0 Å². The highest BCUT2D eigenvalue weighted by Gasteiger charge is 2.03. The van der Waals surface area contributed by atoms with E-state index >= 15 is 0 Å². The quantitative estimate of drug-likeness (QED) is 0.883. The molecule has 1 heterocycles. The second-order valence-corrected chi connectivity index (χ2v) is 5.24. The highest BCUT2D eigenvalue weighted by molar-refractivity contribution is 9.10. The molecular formula is C14H16BrN3. The van der Waals surface area contributed by atoms with Crippen LogP contribution < -0.4 is 5.73 Å².